The summed E-state index contributed by atoms with van der Waals surface area (Å²) in [5.74, 6) is 0.392. The maximum Gasteiger partial charge on any atom is 0.318 e. The Kier molecular flexibility index (Phi) is 13.9. The molecule has 1 atom stereocenters. The van der Waals surface area contributed by atoms with Gasteiger partial charge in [-0.3, -0.25) is 9.09 Å². The lowest BCUT2D eigenvalue weighted by Gasteiger charge is -2.26. The Morgan fingerprint density at radius 2 is 1.81 bits per heavy atom. The molecule has 7 N–H and O–H groups in total. The molecule has 0 saturated carbocycles. The highest BCUT2D eigenvalue weighted by Crippen LogP contribution is 2.33. The van der Waals surface area contributed by atoms with Crippen molar-refractivity contribution >= 4 is 20.2 Å². The molecule has 0 bridgehead atoms. The van der Waals surface area contributed by atoms with Crippen molar-refractivity contribution < 1.29 is 14.0 Å². The van der Waals surface area contributed by atoms with Gasteiger partial charge in [0.25, 0.3) is 0 Å². The Bertz CT molecular complexity index is 521. The van der Waals surface area contributed by atoms with E-state index in [0.717, 1.165) is 44.2 Å². The van der Waals surface area contributed by atoms with Crippen LogP contribution in [0, 0.1) is 5.41 Å². The summed E-state index contributed by atoms with van der Waals surface area (Å²) in [4.78, 5) is 17.4. The zero-order valence-corrected chi connectivity index (χ0v) is 17.9. The lowest BCUT2D eigenvalue weighted by molar-refractivity contribution is 0.275. The maximum absolute atomic E-state index is 10.6. The Hall–Kier alpha value is -1.41. The average Bonchev–Trinajstić information content (AvgIpc) is 2.63. The molecular formula is C17H37N6O3P. The van der Waals surface area contributed by atoms with Gasteiger partial charge >= 0.3 is 8.25 Å². The minimum absolute atomic E-state index is 0.0372. The van der Waals surface area contributed by atoms with Crippen molar-refractivity contribution in [1.29, 1.82) is 0 Å². The molecule has 1 unspecified atom stereocenters. The van der Waals surface area contributed by atoms with Crippen LogP contribution in [0.4, 0.5) is 0 Å². The number of allylic oxidation sites excluding steroid dienone is 1. The fraction of sp³-hybridized carbons (Fsp3) is 0.765. The molecule has 0 heterocycles. The minimum atomic E-state index is -3.02. The van der Waals surface area contributed by atoms with Gasteiger partial charge in [0.2, 0.25) is 5.96 Å². The van der Waals surface area contributed by atoms with Crippen molar-refractivity contribution in [2.45, 2.75) is 59.3 Å². The van der Waals surface area contributed by atoms with Gasteiger partial charge in [-0.1, -0.05) is 40.2 Å². The predicted molar refractivity (Wildman–Crippen MR) is 113 cm³/mol. The predicted octanol–water partition coefficient (Wildman–Crippen LogP) is 2.05. The highest BCUT2D eigenvalue weighted by Gasteiger charge is 2.23. The second-order valence-electron chi connectivity index (χ2n) is 6.51. The van der Waals surface area contributed by atoms with Crippen molar-refractivity contribution in [3.8, 4) is 0 Å². The standard InChI is InChI=1S/C17H37N6O3P/c1-5-17(4,6-2)14(3)22-16(20-12-10-8-7-9-11-18)23-15(19)21-13-26-27(24)25/h27H,3,5-13,18H2,1-2,4H3,(H,24,25)(H4,19,20,21,22,23). The van der Waals surface area contributed by atoms with E-state index in [1.54, 1.807) is 0 Å². The maximum atomic E-state index is 10.6. The van der Waals surface area contributed by atoms with Crippen LogP contribution in [-0.4, -0.2) is 36.6 Å². The molecule has 27 heavy (non-hydrogen) atoms. The van der Waals surface area contributed by atoms with Crippen molar-refractivity contribution in [1.82, 2.24) is 10.6 Å². The third kappa shape index (κ3) is 11.8. The zero-order chi connectivity index (χ0) is 20.7. The summed E-state index contributed by atoms with van der Waals surface area (Å²) < 4.78 is 15.1. The highest BCUT2D eigenvalue weighted by atomic mass is 31.1. The van der Waals surface area contributed by atoms with Crippen molar-refractivity contribution in [2.24, 2.45) is 26.9 Å². The summed E-state index contributed by atoms with van der Waals surface area (Å²) in [6.07, 6.45) is 5.96. The summed E-state index contributed by atoms with van der Waals surface area (Å²) in [6.45, 7) is 11.6. The number of nitrogens with one attached hydrogen (secondary N) is 2. The first-order chi connectivity index (χ1) is 12.8. The van der Waals surface area contributed by atoms with Gasteiger partial charge in [0, 0.05) is 17.7 Å². The van der Waals surface area contributed by atoms with Crippen LogP contribution in [0.1, 0.15) is 59.3 Å². The molecule has 0 aromatic carbocycles. The first kappa shape index (κ1) is 25.6. The topological polar surface area (TPSA) is 147 Å². The molecule has 0 radical (unpaired) electrons. The van der Waals surface area contributed by atoms with Gasteiger partial charge in [0.1, 0.15) is 6.73 Å². The van der Waals surface area contributed by atoms with Crippen LogP contribution in [0.25, 0.3) is 0 Å². The molecule has 0 aromatic rings. The molecule has 9 nitrogen and oxygen atoms in total. The van der Waals surface area contributed by atoms with E-state index in [1.165, 1.54) is 0 Å². The zero-order valence-electron chi connectivity index (χ0n) is 16.9. The number of guanidine groups is 2. The van der Waals surface area contributed by atoms with Crippen LogP contribution >= 0.6 is 8.25 Å². The first-order valence-electron chi connectivity index (χ1n) is 9.44. The van der Waals surface area contributed by atoms with Crippen molar-refractivity contribution in [2.75, 3.05) is 19.8 Å². The molecule has 0 saturated heterocycles. The largest absolute Gasteiger partial charge is 0.370 e. The van der Waals surface area contributed by atoms with E-state index < -0.39 is 8.25 Å². The number of nitrogens with two attached hydrogens (primary N) is 2. The fourth-order valence-electron chi connectivity index (χ4n) is 2.17. The van der Waals surface area contributed by atoms with Gasteiger partial charge in [0.15, 0.2) is 5.96 Å². The molecule has 0 spiro atoms. The number of nitrogens with zero attached hydrogens (tertiary/aromatic N) is 2. The van der Waals surface area contributed by atoms with Gasteiger partial charge in [-0.2, -0.15) is 4.99 Å². The van der Waals surface area contributed by atoms with Crippen LogP contribution in [0.15, 0.2) is 22.3 Å². The molecule has 0 aliphatic carbocycles. The third-order valence-electron chi connectivity index (χ3n) is 4.59. The Morgan fingerprint density at radius 1 is 1.19 bits per heavy atom. The molecule has 0 fully saturated rings. The van der Waals surface area contributed by atoms with E-state index >= 15 is 0 Å². The average molecular weight is 404 g/mol. The molecule has 0 aromatic heterocycles. The number of hydrogen-bond donors (Lipinski definition) is 5. The Balaban J connectivity index is 5.00. The SMILES string of the molecule is C=C(/N=C(\N=C(/N)NCO[PH](=O)O)NCCCCCCN)C(C)(CC)CC. The number of unbranched alkanes of at least 4 members (excludes halogenated alkanes) is 3. The fourth-order valence-corrected chi connectivity index (χ4v) is 2.37. The molecule has 10 heteroatoms. The second kappa shape index (κ2) is 14.6. The van der Waals surface area contributed by atoms with Gasteiger partial charge < -0.3 is 27.0 Å². The molecule has 0 aliphatic heterocycles. The third-order valence-corrected chi connectivity index (χ3v) is 4.98. The lowest BCUT2D eigenvalue weighted by atomic mass is 9.82. The molecule has 0 aliphatic rings. The summed E-state index contributed by atoms with van der Waals surface area (Å²) in [5.41, 5.74) is 11.9. The minimum Gasteiger partial charge on any atom is -0.370 e. The quantitative estimate of drug-likeness (QED) is 0.104. The van der Waals surface area contributed by atoms with Crippen LogP contribution in [0.5, 0.6) is 0 Å². The second-order valence-corrected chi connectivity index (χ2v) is 7.33. The summed E-state index contributed by atoms with van der Waals surface area (Å²) in [6, 6.07) is 0. The number of aliphatic imine (C=N–C) groups is 2. The van der Waals surface area contributed by atoms with E-state index in [0.29, 0.717) is 19.0 Å². The summed E-state index contributed by atoms with van der Waals surface area (Å²) in [7, 11) is -3.02. The van der Waals surface area contributed by atoms with E-state index in [1.807, 2.05) is 0 Å². The van der Waals surface area contributed by atoms with E-state index in [2.05, 4.69) is 52.5 Å². The number of rotatable bonds is 13. The molecule has 0 rings (SSSR count). The molecule has 0 amide bonds. The van der Waals surface area contributed by atoms with Gasteiger partial charge in [-0.25, -0.2) is 4.99 Å². The van der Waals surface area contributed by atoms with Crippen LogP contribution in [0.3, 0.4) is 0 Å². The number of hydrogen-bond acceptors (Lipinski definition) is 4. The Labute approximate surface area is 163 Å². The lowest BCUT2D eigenvalue weighted by Crippen LogP contribution is -2.36. The van der Waals surface area contributed by atoms with Crippen LogP contribution < -0.4 is 22.1 Å². The molecular weight excluding hydrogens is 367 g/mol. The van der Waals surface area contributed by atoms with E-state index in [4.69, 9.17) is 16.4 Å². The highest BCUT2D eigenvalue weighted by molar-refractivity contribution is 7.32. The monoisotopic (exact) mass is 404 g/mol. The first-order valence-corrected chi connectivity index (χ1v) is 10.7. The normalized spacial score (nSPS) is 14.1. The van der Waals surface area contributed by atoms with Crippen LogP contribution in [-0.2, 0) is 9.09 Å². The van der Waals surface area contributed by atoms with Crippen molar-refractivity contribution in [3.05, 3.63) is 12.3 Å². The van der Waals surface area contributed by atoms with Crippen LogP contribution in [0.2, 0.25) is 0 Å². The smallest absolute Gasteiger partial charge is 0.318 e. The molecule has 158 valence electrons. The van der Waals surface area contributed by atoms with E-state index in [9.17, 15) is 4.57 Å². The van der Waals surface area contributed by atoms with Crippen molar-refractivity contribution in [3.63, 3.8) is 0 Å². The summed E-state index contributed by atoms with van der Waals surface area (Å²) in [5, 5.41) is 5.79. The van der Waals surface area contributed by atoms with Gasteiger partial charge in [-0.15, -0.1) is 0 Å². The Morgan fingerprint density at radius 3 is 2.37 bits per heavy atom. The van der Waals surface area contributed by atoms with E-state index in [-0.39, 0.29) is 18.1 Å². The van der Waals surface area contributed by atoms with Gasteiger partial charge in [-0.05, 0) is 32.2 Å². The summed E-state index contributed by atoms with van der Waals surface area (Å²) >= 11 is 0. The van der Waals surface area contributed by atoms with Gasteiger partial charge in [0.05, 0.1) is 0 Å².